The van der Waals surface area contributed by atoms with E-state index in [1.165, 1.54) is 24.6 Å². The summed E-state index contributed by atoms with van der Waals surface area (Å²) in [4.78, 5) is 23.5. The van der Waals surface area contributed by atoms with E-state index in [9.17, 15) is 19.8 Å². The third-order valence-corrected chi connectivity index (χ3v) is 4.81. The molecule has 0 radical (unpaired) electrons. The van der Waals surface area contributed by atoms with Gasteiger partial charge < -0.3 is 10.2 Å². The molecule has 158 valence electrons. The first-order chi connectivity index (χ1) is 14.3. The summed E-state index contributed by atoms with van der Waals surface area (Å²) in [5.41, 5.74) is 5.70. The van der Waals surface area contributed by atoms with Crippen molar-refractivity contribution in [2.45, 2.75) is 25.7 Å². The maximum absolute atomic E-state index is 11.8. The molecule has 0 atom stereocenters. The molecule has 2 aromatic carbocycles. The largest absolute Gasteiger partial charge is 0.507 e. The fourth-order valence-electron chi connectivity index (χ4n) is 2.29. The van der Waals surface area contributed by atoms with Crippen molar-refractivity contribution in [3.05, 3.63) is 56.5 Å². The lowest BCUT2D eigenvalue weighted by Crippen LogP contribution is -2.19. The van der Waals surface area contributed by atoms with Crippen molar-refractivity contribution >= 4 is 56.1 Å². The molecule has 0 spiro atoms. The quantitative estimate of drug-likeness (QED) is 0.220. The highest BCUT2D eigenvalue weighted by molar-refractivity contribution is 9.10. The van der Waals surface area contributed by atoms with Gasteiger partial charge in [-0.15, -0.1) is 0 Å². The molecule has 0 aliphatic rings. The molecule has 2 aromatic rings. The Bertz CT molecular complexity index is 886. The lowest BCUT2D eigenvalue weighted by molar-refractivity contribution is -0.123. The number of hydrogen-bond donors (Lipinski definition) is 4. The van der Waals surface area contributed by atoms with Gasteiger partial charge in [0.05, 0.1) is 12.4 Å². The van der Waals surface area contributed by atoms with Crippen LogP contribution in [0.4, 0.5) is 0 Å². The Balaban J connectivity index is 1.64. The summed E-state index contributed by atoms with van der Waals surface area (Å²) in [5, 5.41) is 27.0. The summed E-state index contributed by atoms with van der Waals surface area (Å²) in [5.74, 6) is -0.464. The fraction of sp³-hybridized carbons (Fsp3) is 0.200. The zero-order valence-corrected chi connectivity index (χ0v) is 19.0. The van der Waals surface area contributed by atoms with E-state index in [0.29, 0.717) is 24.0 Å². The number of carbonyl (C=O) groups is 2. The normalized spacial score (nSPS) is 11.1. The molecular formula is C20H20Br2N4O4. The minimum atomic E-state index is -0.288. The number of benzene rings is 2. The van der Waals surface area contributed by atoms with E-state index in [2.05, 4.69) is 52.9 Å². The maximum Gasteiger partial charge on any atom is 0.240 e. The van der Waals surface area contributed by atoms with Crippen molar-refractivity contribution in [2.75, 3.05) is 0 Å². The first kappa shape index (κ1) is 23.6. The number of carbonyl (C=O) groups excluding carboxylic acids is 2. The number of phenols is 2. The molecule has 8 nitrogen and oxygen atoms in total. The molecule has 2 amide bonds. The molecule has 0 saturated heterocycles. The predicted molar refractivity (Wildman–Crippen MR) is 122 cm³/mol. The zero-order valence-electron chi connectivity index (χ0n) is 15.8. The van der Waals surface area contributed by atoms with E-state index < -0.39 is 0 Å². The Hall–Kier alpha value is -2.72. The standard InChI is InChI=1S/C20H20Br2N4O4/c21-15-5-7-17(27)13(9-15)11-23-25-19(29)3-1-2-4-20(30)26-24-12-14-10-16(22)6-8-18(14)28/h5-12,27-28H,1-4H2,(H,25,29)(H,26,30). The van der Waals surface area contributed by atoms with Crippen LogP contribution in [0.25, 0.3) is 0 Å². The second-order valence-electron chi connectivity index (χ2n) is 6.20. The minimum absolute atomic E-state index is 0.0555. The van der Waals surface area contributed by atoms with E-state index >= 15 is 0 Å². The van der Waals surface area contributed by atoms with Crippen molar-refractivity contribution in [3.8, 4) is 11.5 Å². The molecular weight excluding hydrogens is 520 g/mol. The van der Waals surface area contributed by atoms with Crippen LogP contribution in [0.3, 0.4) is 0 Å². The maximum atomic E-state index is 11.8. The molecule has 0 aliphatic carbocycles. The lowest BCUT2D eigenvalue weighted by atomic mass is 10.2. The lowest BCUT2D eigenvalue weighted by Gasteiger charge is -2.02. The number of unbranched alkanes of at least 4 members (excludes halogenated alkanes) is 1. The molecule has 0 saturated carbocycles. The van der Waals surface area contributed by atoms with Gasteiger partial charge in [-0.2, -0.15) is 10.2 Å². The average Bonchev–Trinajstić information content (AvgIpc) is 2.70. The SMILES string of the molecule is O=C(CCCCC(=O)NN=Cc1cc(Br)ccc1O)NN=Cc1cc(Br)ccc1O. The van der Waals surface area contributed by atoms with E-state index in [-0.39, 0.29) is 36.2 Å². The fourth-order valence-corrected chi connectivity index (χ4v) is 3.05. The molecule has 10 heteroatoms. The summed E-state index contributed by atoms with van der Waals surface area (Å²) >= 11 is 6.58. The smallest absolute Gasteiger partial charge is 0.240 e. The van der Waals surface area contributed by atoms with Crippen LogP contribution in [0.5, 0.6) is 11.5 Å². The minimum Gasteiger partial charge on any atom is -0.507 e. The van der Waals surface area contributed by atoms with Crippen LogP contribution in [0, 0.1) is 0 Å². The van der Waals surface area contributed by atoms with Gasteiger partial charge in [-0.05, 0) is 49.2 Å². The van der Waals surface area contributed by atoms with Gasteiger partial charge in [-0.1, -0.05) is 31.9 Å². The van der Waals surface area contributed by atoms with Crippen LogP contribution in [-0.4, -0.2) is 34.5 Å². The Kier molecular flexibility index (Phi) is 9.49. The van der Waals surface area contributed by atoms with Crippen LogP contribution in [-0.2, 0) is 9.59 Å². The average molecular weight is 540 g/mol. The predicted octanol–water partition coefficient (Wildman–Crippen LogP) is 3.78. The molecule has 0 unspecified atom stereocenters. The number of rotatable bonds is 9. The number of phenolic OH excluding ortho intramolecular Hbond substituents is 2. The van der Waals surface area contributed by atoms with E-state index in [1.807, 2.05) is 0 Å². The summed E-state index contributed by atoms with van der Waals surface area (Å²) in [7, 11) is 0. The van der Waals surface area contributed by atoms with Gasteiger partial charge in [0.1, 0.15) is 11.5 Å². The topological polar surface area (TPSA) is 123 Å². The number of hydrazone groups is 2. The number of halogens is 2. The van der Waals surface area contributed by atoms with Gasteiger partial charge in [0, 0.05) is 32.9 Å². The van der Waals surface area contributed by atoms with E-state index in [4.69, 9.17) is 0 Å². The summed E-state index contributed by atoms with van der Waals surface area (Å²) in [6.45, 7) is 0. The third kappa shape index (κ3) is 8.34. The van der Waals surface area contributed by atoms with E-state index in [1.54, 1.807) is 24.3 Å². The van der Waals surface area contributed by atoms with Gasteiger partial charge in [-0.25, -0.2) is 10.9 Å². The molecule has 30 heavy (non-hydrogen) atoms. The highest BCUT2D eigenvalue weighted by Crippen LogP contribution is 2.20. The van der Waals surface area contributed by atoms with Crippen molar-refractivity contribution in [1.29, 1.82) is 0 Å². The summed E-state index contributed by atoms with van der Waals surface area (Å²) < 4.78 is 1.56. The third-order valence-electron chi connectivity index (χ3n) is 3.82. The monoisotopic (exact) mass is 538 g/mol. The van der Waals surface area contributed by atoms with E-state index in [0.717, 1.165) is 8.95 Å². The second-order valence-corrected chi connectivity index (χ2v) is 8.03. The molecule has 0 bridgehead atoms. The highest BCUT2D eigenvalue weighted by atomic mass is 79.9. The van der Waals surface area contributed by atoms with Crippen LogP contribution in [0.1, 0.15) is 36.8 Å². The van der Waals surface area contributed by atoms with Crippen LogP contribution in [0.2, 0.25) is 0 Å². The summed E-state index contributed by atoms with van der Waals surface area (Å²) in [6.07, 6.45) is 4.15. The van der Waals surface area contributed by atoms with Crippen LogP contribution < -0.4 is 10.9 Å². The van der Waals surface area contributed by atoms with Crippen LogP contribution >= 0.6 is 31.9 Å². The molecule has 2 rings (SSSR count). The number of nitrogens with one attached hydrogen (secondary N) is 2. The van der Waals surface area contributed by atoms with Crippen molar-refractivity contribution < 1.29 is 19.8 Å². The second kappa shape index (κ2) is 12.1. The molecule has 0 aliphatic heterocycles. The number of nitrogens with zero attached hydrogens (tertiary/aromatic N) is 2. The zero-order chi connectivity index (χ0) is 21.9. The summed E-state index contributed by atoms with van der Waals surface area (Å²) in [6, 6.07) is 9.76. The molecule has 4 N–H and O–H groups in total. The number of aromatic hydroxyl groups is 2. The van der Waals surface area contributed by atoms with Gasteiger partial charge in [0.25, 0.3) is 0 Å². The first-order valence-corrected chi connectivity index (χ1v) is 10.5. The highest BCUT2D eigenvalue weighted by Gasteiger charge is 2.04. The first-order valence-electron chi connectivity index (χ1n) is 8.96. The van der Waals surface area contributed by atoms with Gasteiger partial charge in [0.15, 0.2) is 0 Å². The Morgan fingerprint density at radius 3 is 1.60 bits per heavy atom. The van der Waals surface area contributed by atoms with Crippen molar-refractivity contribution in [3.63, 3.8) is 0 Å². The number of amides is 2. The molecule has 0 aromatic heterocycles. The number of hydrogen-bond acceptors (Lipinski definition) is 6. The van der Waals surface area contributed by atoms with Crippen molar-refractivity contribution in [2.24, 2.45) is 10.2 Å². The molecule has 0 heterocycles. The van der Waals surface area contributed by atoms with Crippen molar-refractivity contribution in [1.82, 2.24) is 10.9 Å². The van der Waals surface area contributed by atoms with Crippen LogP contribution in [0.15, 0.2) is 55.5 Å². The van der Waals surface area contributed by atoms with Gasteiger partial charge >= 0.3 is 0 Å². The Morgan fingerprint density at radius 2 is 1.20 bits per heavy atom. The van der Waals surface area contributed by atoms with Gasteiger partial charge in [0.2, 0.25) is 11.8 Å². The van der Waals surface area contributed by atoms with Gasteiger partial charge in [-0.3, -0.25) is 9.59 Å². The molecule has 0 fully saturated rings. The Labute approximate surface area is 190 Å². The Morgan fingerprint density at radius 1 is 0.800 bits per heavy atom.